The maximum absolute atomic E-state index is 12.9. The Morgan fingerprint density at radius 2 is 0.470 bits per heavy atom. The molecule has 0 aliphatic heterocycles. The molecule has 0 fully saturated rings. The summed E-state index contributed by atoms with van der Waals surface area (Å²) in [5.41, 5.74) is 0. The van der Waals surface area contributed by atoms with Crippen molar-refractivity contribution < 1.29 is 28.6 Å². The number of unbranched alkanes of at least 4 members (excludes halogenated alkanes) is 47. The molecule has 0 aromatic rings. The second-order valence-electron chi connectivity index (χ2n) is 24.8. The van der Waals surface area contributed by atoms with E-state index in [0.717, 1.165) is 96.3 Å². The lowest BCUT2D eigenvalue weighted by Gasteiger charge is -2.18. The van der Waals surface area contributed by atoms with Crippen LogP contribution < -0.4 is 0 Å². The van der Waals surface area contributed by atoms with Crippen molar-refractivity contribution in [1.82, 2.24) is 0 Å². The first kappa shape index (κ1) is 80.1. The molecule has 0 heterocycles. The third-order valence-corrected chi connectivity index (χ3v) is 16.5. The van der Waals surface area contributed by atoms with Crippen LogP contribution in [0.4, 0.5) is 0 Å². The zero-order chi connectivity index (χ0) is 59.9. The zero-order valence-electron chi connectivity index (χ0n) is 55.7. The molecule has 0 bridgehead atoms. The molecule has 0 spiro atoms. The fourth-order valence-corrected chi connectivity index (χ4v) is 11.1. The van der Waals surface area contributed by atoms with E-state index in [2.05, 4.69) is 81.5 Å². The van der Waals surface area contributed by atoms with Gasteiger partial charge in [0, 0.05) is 19.3 Å². The minimum absolute atomic E-state index is 0.0714. The van der Waals surface area contributed by atoms with Gasteiger partial charge in [0.1, 0.15) is 13.2 Å². The largest absolute Gasteiger partial charge is 0.462 e. The summed E-state index contributed by atoms with van der Waals surface area (Å²) in [5.74, 6) is -0.855. The number of ether oxygens (including phenoxy) is 3. The molecular formula is C77H140O6. The molecule has 0 aromatic heterocycles. The normalized spacial score (nSPS) is 12.4. The van der Waals surface area contributed by atoms with Crippen LogP contribution in [0.5, 0.6) is 0 Å². The highest BCUT2D eigenvalue weighted by atomic mass is 16.6. The molecule has 0 N–H and O–H groups in total. The molecule has 1 atom stereocenters. The van der Waals surface area contributed by atoms with Gasteiger partial charge < -0.3 is 14.2 Å². The molecular weight excluding hydrogens is 1020 g/mol. The van der Waals surface area contributed by atoms with Crippen molar-refractivity contribution in [3.05, 3.63) is 60.8 Å². The van der Waals surface area contributed by atoms with E-state index in [4.69, 9.17) is 14.2 Å². The molecule has 0 amide bonds. The lowest BCUT2D eigenvalue weighted by atomic mass is 10.0. The molecule has 0 saturated carbocycles. The van der Waals surface area contributed by atoms with Crippen LogP contribution in [0, 0.1) is 0 Å². The third-order valence-electron chi connectivity index (χ3n) is 16.5. The molecule has 484 valence electrons. The van der Waals surface area contributed by atoms with Gasteiger partial charge in [-0.2, -0.15) is 0 Å². The molecule has 0 aromatic carbocycles. The van der Waals surface area contributed by atoms with E-state index >= 15 is 0 Å². The van der Waals surface area contributed by atoms with Crippen LogP contribution in [-0.2, 0) is 28.6 Å². The van der Waals surface area contributed by atoms with Gasteiger partial charge in [-0.3, -0.25) is 14.4 Å². The zero-order valence-corrected chi connectivity index (χ0v) is 55.7. The highest BCUT2D eigenvalue weighted by Crippen LogP contribution is 2.19. The summed E-state index contributed by atoms with van der Waals surface area (Å²) in [6.45, 7) is 6.58. The molecule has 1 unspecified atom stereocenters. The minimum atomic E-state index is -0.775. The van der Waals surface area contributed by atoms with E-state index in [1.807, 2.05) is 0 Å². The molecule has 0 aliphatic carbocycles. The van der Waals surface area contributed by atoms with Crippen molar-refractivity contribution in [2.24, 2.45) is 0 Å². The molecule has 0 radical (unpaired) electrons. The minimum Gasteiger partial charge on any atom is -0.462 e. The van der Waals surface area contributed by atoms with Crippen LogP contribution in [0.3, 0.4) is 0 Å². The average molecular weight is 1160 g/mol. The van der Waals surface area contributed by atoms with E-state index < -0.39 is 6.10 Å². The number of rotatable bonds is 68. The molecule has 0 saturated heterocycles. The predicted molar refractivity (Wildman–Crippen MR) is 362 cm³/mol. The lowest BCUT2D eigenvalue weighted by molar-refractivity contribution is -0.167. The van der Waals surface area contributed by atoms with Crippen LogP contribution >= 0.6 is 0 Å². The van der Waals surface area contributed by atoms with Gasteiger partial charge in [-0.15, -0.1) is 0 Å². The van der Waals surface area contributed by atoms with Gasteiger partial charge in [0.15, 0.2) is 6.10 Å². The number of hydrogen-bond donors (Lipinski definition) is 0. The predicted octanol–water partition coefficient (Wildman–Crippen LogP) is 25.5. The smallest absolute Gasteiger partial charge is 0.306 e. The van der Waals surface area contributed by atoms with Gasteiger partial charge in [-0.1, -0.05) is 370 Å². The Bertz CT molecular complexity index is 1470. The van der Waals surface area contributed by atoms with Gasteiger partial charge in [-0.05, 0) is 64.2 Å². The van der Waals surface area contributed by atoms with Crippen LogP contribution in [0.15, 0.2) is 60.8 Å². The summed E-state index contributed by atoms with van der Waals surface area (Å²) >= 11 is 0. The lowest BCUT2D eigenvalue weighted by Crippen LogP contribution is -2.30. The highest BCUT2D eigenvalue weighted by molar-refractivity contribution is 5.71. The number of carbonyl (C=O) groups is 3. The van der Waals surface area contributed by atoms with Gasteiger partial charge in [0.25, 0.3) is 0 Å². The van der Waals surface area contributed by atoms with Gasteiger partial charge in [0.05, 0.1) is 0 Å². The molecule has 0 aliphatic rings. The fraction of sp³-hybridized carbons (Fsp3) is 0.831. The highest BCUT2D eigenvalue weighted by Gasteiger charge is 2.19. The number of hydrogen-bond acceptors (Lipinski definition) is 6. The Morgan fingerprint density at radius 1 is 0.253 bits per heavy atom. The van der Waals surface area contributed by atoms with Crippen molar-refractivity contribution in [2.75, 3.05) is 13.2 Å². The summed E-state index contributed by atoms with van der Waals surface area (Å²) in [4.78, 5) is 38.4. The quantitative estimate of drug-likeness (QED) is 0.0261. The van der Waals surface area contributed by atoms with E-state index in [1.54, 1.807) is 0 Å². The van der Waals surface area contributed by atoms with E-state index in [-0.39, 0.29) is 31.1 Å². The maximum atomic E-state index is 12.9. The molecule has 83 heavy (non-hydrogen) atoms. The number of allylic oxidation sites excluding steroid dienone is 10. The van der Waals surface area contributed by atoms with Gasteiger partial charge in [0.2, 0.25) is 0 Å². The Morgan fingerprint density at radius 3 is 0.735 bits per heavy atom. The van der Waals surface area contributed by atoms with Crippen molar-refractivity contribution in [2.45, 2.75) is 399 Å². The summed E-state index contributed by atoms with van der Waals surface area (Å²) in [7, 11) is 0. The van der Waals surface area contributed by atoms with E-state index in [1.165, 1.54) is 257 Å². The summed E-state index contributed by atoms with van der Waals surface area (Å²) in [6, 6.07) is 0. The number of carbonyl (C=O) groups excluding carboxylic acids is 3. The summed E-state index contributed by atoms with van der Waals surface area (Å²) in [5, 5.41) is 0. The Hall–Kier alpha value is -2.89. The van der Waals surface area contributed by atoms with Crippen LogP contribution in [0.1, 0.15) is 393 Å². The van der Waals surface area contributed by atoms with E-state index in [9.17, 15) is 14.4 Å². The molecule has 6 nitrogen and oxygen atoms in total. The molecule has 0 rings (SSSR count). The maximum Gasteiger partial charge on any atom is 0.306 e. The monoisotopic (exact) mass is 1160 g/mol. The van der Waals surface area contributed by atoms with Crippen LogP contribution in [0.25, 0.3) is 0 Å². The summed E-state index contributed by atoms with van der Waals surface area (Å²) in [6.07, 6.45) is 92.8. The fourth-order valence-electron chi connectivity index (χ4n) is 11.1. The first-order valence-corrected chi connectivity index (χ1v) is 36.8. The second-order valence-corrected chi connectivity index (χ2v) is 24.8. The first-order valence-electron chi connectivity index (χ1n) is 36.8. The molecule has 6 heteroatoms. The van der Waals surface area contributed by atoms with Crippen molar-refractivity contribution >= 4 is 17.9 Å². The van der Waals surface area contributed by atoms with Gasteiger partial charge >= 0.3 is 17.9 Å². The Kier molecular flexibility index (Phi) is 69.1. The Labute approximate surface area is 517 Å². The van der Waals surface area contributed by atoms with E-state index in [0.29, 0.717) is 19.3 Å². The van der Waals surface area contributed by atoms with Crippen molar-refractivity contribution in [3.63, 3.8) is 0 Å². The van der Waals surface area contributed by atoms with Crippen molar-refractivity contribution in [1.29, 1.82) is 0 Å². The standard InChI is InChI=1S/C77H140O6/c1-4-7-10-13-16-19-22-24-26-28-30-32-34-36-37-38-39-40-42-43-45-47-49-51-53-55-58-61-64-67-70-76(79)82-73-74(72-81-75(78)69-66-63-60-57-21-18-15-12-9-6-3)83-77(80)71-68-65-62-59-56-54-52-50-48-46-44-41-35-33-31-29-27-25-23-20-17-14-11-8-5-2/h8,11,17,20,25,27,31,33,41,44,74H,4-7,9-10,12-16,18-19,21-24,26,28-30,32,34-40,42-43,45-73H2,1-3H3/b11-8-,20-17-,27-25-,33-31-,44-41-. The first-order chi connectivity index (χ1) is 41.0. The SMILES string of the molecule is CC/C=C\C/C=C\C/C=C\C/C=C\C/C=C\CCCCCCCCCCCC(=O)OC(COC(=O)CCCCCCCCCCCC)COC(=O)CCCCCCCCCCCCCCCCCCCCCCCCCCCCCCCC. The van der Waals surface area contributed by atoms with Gasteiger partial charge in [-0.25, -0.2) is 0 Å². The second kappa shape index (κ2) is 71.6. The van der Waals surface area contributed by atoms with Crippen molar-refractivity contribution in [3.8, 4) is 0 Å². The topological polar surface area (TPSA) is 78.9 Å². The summed E-state index contributed by atoms with van der Waals surface area (Å²) < 4.78 is 17.0. The third kappa shape index (κ3) is 69.8. The number of esters is 3. The average Bonchev–Trinajstić information content (AvgIpc) is 3.48. The van der Waals surface area contributed by atoms with Crippen LogP contribution in [-0.4, -0.2) is 37.2 Å². The Balaban J connectivity index is 4.13. The van der Waals surface area contributed by atoms with Crippen LogP contribution in [0.2, 0.25) is 0 Å².